The third-order valence-corrected chi connectivity index (χ3v) is 5.08. The second kappa shape index (κ2) is 6.70. The van der Waals surface area contributed by atoms with Crippen LogP contribution in [0.3, 0.4) is 0 Å². The van der Waals surface area contributed by atoms with Gasteiger partial charge < -0.3 is 9.72 Å². The zero-order chi connectivity index (χ0) is 16.4. The van der Waals surface area contributed by atoms with Crippen molar-refractivity contribution in [2.75, 3.05) is 20.2 Å². The minimum atomic E-state index is 0.423. The quantitative estimate of drug-likeness (QED) is 0.746. The summed E-state index contributed by atoms with van der Waals surface area (Å²) in [6.45, 7) is 2.38. The highest BCUT2D eigenvalue weighted by atomic mass is 16.5. The fourth-order valence-corrected chi connectivity index (χ4v) is 3.79. The van der Waals surface area contributed by atoms with Gasteiger partial charge in [-0.25, -0.2) is 0 Å². The van der Waals surface area contributed by atoms with E-state index in [1.165, 1.54) is 48.1 Å². The van der Waals surface area contributed by atoms with E-state index in [9.17, 15) is 0 Å². The van der Waals surface area contributed by atoms with Crippen molar-refractivity contribution in [3.63, 3.8) is 0 Å². The molecule has 0 spiro atoms. The van der Waals surface area contributed by atoms with Crippen molar-refractivity contribution in [3.05, 3.63) is 65.9 Å². The number of likely N-dealkylation sites (tertiary alicyclic amines) is 1. The van der Waals surface area contributed by atoms with Crippen molar-refractivity contribution in [1.82, 2.24) is 9.88 Å². The molecule has 124 valence electrons. The van der Waals surface area contributed by atoms with Crippen molar-refractivity contribution in [3.8, 4) is 5.75 Å². The fraction of sp³-hybridized carbons (Fsp3) is 0.333. The summed E-state index contributed by atoms with van der Waals surface area (Å²) < 4.78 is 5.31. The molecule has 1 aliphatic rings. The molecule has 3 aromatic rings. The Bertz CT molecular complexity index is 767. The molecule has 3 nitrogen and oxygen atoms in total. The van der Waals surface area contributed by atoms with E-state index in [2.05, 4.69) is 64.5 Å². The number of aromatic amines is 1. The van der Waals surface area contributed by atoms with Gasteiger partial charge in [0.05, 0.1) is 7.11 Å². The van der Waals surface area contributed by atoms with Crippen molar-refractivity contribution in [2.24, 2.45) is 0 Å². The first kappa shape index (κ1) is 15.3. The molecule has 1 fully saturated rings. The van der Waals surface area contributed by atoms with E-state index in [-0.39, 0.29) is 0 Å². The average Bonchev–Trinajstić information content (AvgIpc) is 3.29. The predicted molar refractivity (Wildman–Crippen MR) is 98.5 cm³/mol. The van der Waals surface area contributed by atoms with Gasteiger partial charge in [-0.1, -0.05) is 30.3 Å². The molecule has 3 heteroatoms. The summed E-state index contributed by atoms with van der Waals surface area (Å²) in [7, 11) is 1.72. The molecule has 0 radical (unpaired) electrons. The van der Waals surface area contributed by atoms with Crippen LogP contribution >= 0.6 is 0 Å². The molecule has 0 aliphatic carbocycles. The summed E-state index contributed by atoms with van der Waals surface area (Å²) in [6, 6.07) is 19.8. The van der Waals surface area contributed by atoms with Gasteiger partial charge in [-0.05, 0) is 61.1 Å². The van der Waals surface area contributed by atoms with E-state index in [1.807, 2.05) is 0 Å². The Morgan fingerprint density at radius 2 is 1.79 bits per heavy atom. The predicted octanol–water partition coefficient (Wildman–Crippen LogP) is 4.56. The maximum Gasteiger partial charge on any atom is 0.118 e. The molecule has 1 N–H and O–H groups in total. The summed E-state index contributed by atoms with van der Waals surface area (Å²) in [5, 5.41) is 1.29. The van der Waals surface area contributed by atoms with Gasteiger partial charge in [0.25, 0.3) is 0 Å². The zero-order valence-corrected chi connectivity index (χ0v) is 14.2. The van der Waals surface area contributed by atoms with E-state index < -0.39 is 0 Å². The van der Waals surface area contributed by atoms with Gasteiger partial charge in [0.1, 0.15) is 5.75 Å². The SMILES string of the molecule is COc1ccc(C(Cc2cc3ccccc3[nH]2)N2CCCC2)cc1. The molecule has 1 saturated heterocycles. The minimum Gasteiger partial charge on any atom is -0.497 e. The summed E-state index contributed by atoms with van der Waals surface area (Å²) in [5.74, 6) is 0.921. The van der Waals surface area contributed by atoms with E-state index in [4.69, 9.17) is 4.74 Å². The Kier molecular flexibility index (Phi) is 4.26. The van der Waals surface area contributed by atoms with Crippen LogP contribution in [0.15, 0.2) is 54.6 Å². The molecule has 1 aromatic heterocycles. The second-order valence-electron chi connectivity index (χ2n) is 6.62. The number of ether oxygens (including phenoxy) is 1. The van der Waals surface area contributed by atoms with Gasteiger partial charge in [0.2, 0.25) is 0 Å². The zero-order valence-electron chi connectivity index (χ0n) is 14.2. The third-order valence-electron chi connectivity index (χ3n) is 5.08. The maximum absolute atomic E-state index is 5.31. The van der Waals surface area contributed by atoms with Crippen LogP contribution in [0, 0.1) is 0 Å². The van der Waals surface area contributed by atoms with E-state index in [0.717, 1.165) is 12.2 Å². The van der Waals surface area contributed by atoms with E-state index in [0.29, 0.717) is 6.04 Å². The number of benzene rings is 2. The first-order valence-corrected chi connectivity index (χ1v) is 8.78. The van der Waals surface area contributed by atoms with Crippen molar-refractivity contribution < 1.29 is 4.74 Å². The lowest BCUT2D eigenvalue weighted by Crippen LogP contribution is -2.27. The van der Waals surface area contributed by atoms with Crippen LogP contribution in [0.5, 0.6) is 5.75 Å². The van der Waals surface area contributed by atoms with Crippen LogP contribution in [0.2, 0.25) is 0 Å². The van der Waals surface area contributed by atoms with Gasteiger partial charge >= 0.3 is 0 Å². The van der Waals surface area contributed by atoms with Crippen LogP contribution in [0.25, 0.3) is 10.9 Å². The molecular formula is C21H24N2O. The fourth-order valence-electron chi connectivity index (χ4n) is 3.79. The standard InChI is InChI=1S/C21H24N2O/c1-24-19-10-8-16(9-11-19)21(23-12-4-5-13-23)15-18-14-17-6-2-3-7-20(17)22-18/h2-3,6-11,14,21-22H,4-5,12-13,15H2,1H3. The molecule has 0 bridgehead atoms. The number of hydrogen-bond acceptors (Lipinski definition) is 2. The van der Waals surface area contributed by atoms with E-state index >= 15 is 0 Å². The highest BCUT2D eigenvalue weighted by molar-refractivity contribution is 5.80. The summed E-state index contributed by atoms with van der Waals surface area (Å²) in [5.41, 5.74) is 3.91. The Balaban J connectivity index is 1.63. The molecule has 4 rings (SSSR count). The molecule has 2 aromatic carbocycles. The summed E-state index contributed by atoms with van der Waals surface area (Å²) in [6.07, 6.45) is 3.62. The largest absolute Gasteiger partial charge is 0.497 e. The summed E-state index contributed by atoms with van der Waals surface area (Å²) in [4.78, 5) is 6.21. The minimum absolute atomic E-state index is 0.423. The molecule has 1 atom stereocenters. The van der Waals surface area contributed by atoms with E-state index in [1.54, 1.807) is 7.11 Å². The van der Waals surface area contributed by atoms with Crippen LogP contribution in [-0.2, 0) is 6.42 Å². The topological polar surface area (TPSA) is 28.3 Å². The van der Waals surface area contributed by atoms with Gasteiger partial charge in [0.15, 0.2) is 0 Å². The third kappa shape index (κ3) is 3.04. The van der Waals surface area contributed by atoms with Gasteiger partial charge in [0, 0.05) is 23.7 Å². The monoisotopic (exact) mass is 320 g/mol. The number of methoxy groups -OCH3 is 1. The smallest absolute Gasteiger partial charge is 0.118 e. The van der Waals surface area contributed by atoms with Gasteiger partial charge in [-0.2, -0.15) is 0 Å². The Labute approximate surface area is 143 Å². The normalized spacial score (nSPS) is 16.5. The van der Waals surface area contributed by atoms with Crippen LogP contribution in [-0.4, -0.2) is 30.1 Å². The van der Waals surface area contributed by atoms with Crippen molar-refractivity contribution in [1.29, 1.82) is 0 Å². The van der Waals surface area contributed by atoms with Gasteiger partial charge in [-0.3, -0.25) is 4.90 Å². The van der Waals surface area contributed by atoms with Crippen LogP contribution in [0.1, 0.15) is 30.1 Å². The highest BCUT2D eigenvalue weighted by Gasteiger charge is 2.24. The van der Waals surface area contributed by atoms with Crippen molar-refractivity contribution in [2.45, 2.75) is 25.3 Å². The molecule has 0 amide bonds. The average molecular weight is 320 g/mol. The number of nitrogens with one attached hydrogen (secondary N) is 1. The number of nitrogens with zero attached hydrogens (tertiary/aromatic N) is 1. The Hall–Kier alpha value is -2.26. The number of fused-ring (bicyclic) bond motifs is 1. The molecule has 0 saturated carbocycles. The van der Waals surface area contributed by atoms with Crippen LogP contribution < -0.4 is 4.74 Å². The second-order valence-corrected chi connectivity index (χ2v) is 6.62. The number of para-hydroxylation sites is 1. The number of aromatic nitrogens is 1. The van der Waals surface area contributed by atoms with Crippen molar-refractivity contribution >= 4 is 10.9 Å². The lowest BCUT2D eigenvalue weighted by molar-refractivity contribution is 0.243. The first-order valence-electron chi connectivity index (χ1n) is 8.78. The number of H-pyrrole nitrogens is 1. The Morgan fingerprint density at radius 3 is 2.50 bits per heavy atom. The molecule has 1 unspecified atom stereocenters. The lowest BCUT2D eigenvalue weighted by Gasteiger charge is -2.28. The summed E-state index contributed by atoms with van der Waals surface area (Å²) >= 11 is 0. The van der Waals surface area contributed by atoms with Crippen LogP contribution in [0.4, 0.5) is 0 Å². The molecule has 1 aliphatic heterocycles. The lowest BCUT2D eigenvalue weighted by atomic mass is 10.0. The first-order chi connectivity index (χ1) is 11.8. The molecule has 24 heavy (non-hydrogen) atoms. The highest BCUT2D eigenvalue weighted by Crippen LogP contribution is 2.30. The van der Waals surface area contributed by atoms with Gasteiger partial charge in [-0.15, -0.1) is 0 Å². The molecule has 2 heterocycles. The number of rotatable bonds is 5. The molecular weight excluding hydrogens is 296 g/mol. The Morgan fingerprint density at radius 1 is 1.04 bits per heavy atom. The maximum atomic E-state index is 5.31. The number of hydrogen-bond donors (Lipinski definition) is 1.